The zero-order valence-electron chi connectivity index (χ0n) is 10.7. The second-order valence-corrected chi connectivity index (χ2v) is 4.64. The lowest BCUT2D eigenvalue weighted by molar-refractivity contribution is -0.187. The molecule has 0 spiro atoms. The molecule has 1 atom stereocenters. The maximum Gasteiger partial charge on any atom is 0.408 e. The van der Waals surface area contributed by atoms with Gasteiger partial charge in [0.15, 0.2) is 0 Å². The smallest absolute Gasteiger partial charge is 0.314 e. The zero-order chi connectivity index (χ0) is 13.2. The largest absolute Gasteiger partial charge is 0.408 e. The van der Waals surface area contributed by atoms with Crippen LogP contribution in [0.1, 0.15) is 17.2 Å². The van der Waals surface area contributed by atoms with Crippen molar-refractivity contribution in [2.45, 2.75) is 19.1 Å². The van der Waals surface area contributed by atoms with Gasteiger partial charge in [-0.1, -0.05) is 29.8 Å². The summed E-state index contributed by atoms with van der Waals surface area (Å²) in [7, 11) is 0. The zero-order valence-corrected chi connectivity index (χ0v) is 11.5. The summed E-state index contributed by atoms with van der Waals surface area (Å²) in [6.07, 6.45) is -4.23. The highest BCUT2D eigenvalue weighted by Crippen LogP contribution is 2.37. The molecule has 0 saturated carbocycles. The van der Waals surface area contributed by atoms with Crippen molar-refractivity contribution in [3.63, 3.8) is 0 Å². The SMILES string of the molecule is Cc1ccc([C@@H](N2CCNCC2)C(F)(F)F)cc1.Cl. The van der Waals surface area contributed by atoms with Gasteiger partial charge in [0, 0.05) is 26.2 Å². The summed E-state index contributed by atoms with van der Waals surface area (Å²) < 4.78 is 39.7. The van der Waals surface area contributed by atoms with Crippen molar-refractivity contribution in [2.24, 2.45) is 0 Å². The summed E-state index contributed by atoms with van der Waals surface area (Å²) in [5.41, 5.74) is 1.30. The van der Waals surface area contributed by atoms with E-state index >= 15 is 0 Å². The highest BCUT2D eigenvalue weighted by Gasteiger charge is 2.44. The van der Waals surface area contributed by atoms with Crippen molar-refractivity contribution >= 4 is 12.4 Å². The maximum absolute atomic E-state index is 13.2. The molecular formula is C13H18ClF3N2. The molecule has 1 N–H and O–H groups in total. The van der Waals surface area contributed by atoms with Crippen LogP contribution in [-0.2, 0) is 0 Å². The molecule has 1 heterocycles. The number of hydrogen-bond acceptors (Lipinski definition) is 2. The van der Waals surface area contributed by atoms with Crippen LogP contribution in [-0.4, -0.2) is 37.3 Å². The van der Waals surface area contributed by atoms with Crippen molar-refractivity contribution in [3.8, 4) is 0 Å². The minimum Gasteiger partial charge on any atom is -0.314 e. The molecule has 0 radical (unpaired) electrons. The Kier molecular flexibility index (Phi) is 5.64. The Hall–Kier alpha value is -0.780. The monoisotopic (exact) mass is 294 g/mol. The van der Waals surface area contributed by atoms with Gasteiger partial charge in [-0.05, 0) is 12.5 Å². The summed E-state index contributed by atoms with van der Waals surface area (Å²) in [5, 5.41) is 3.07. The van der Waals surface area contributed by atoms with Crippen LogP contribution in [0.15, 0.2) is 24.3 Å². The average molecular weight is 295 g/mol. The summed E-state index contributed by atoms with van der Waals surface area (Å²) in [5.74, 6) is 0. The van der Waals surface area contributed by atoms with E-state index in [1.165, 1.54) is 4.90 Å². The number of nitrogens with one attached hydrogen (secondary N) is 1. The molecule has 1 fully saturated rings. The lowest BCUT2D eigenvalue weighted by Gasteiger charge is -2.36. The van der Waals surface area contributed by atoms with E-state index in [0.29, 0.717) is 31.7 Å². The van der Waals surface area contributed by atoms with Gasteiger partial charge in [0.25, 0.3) is 0 Å². The first-order valence-electron chi connectivity index (χ1n) is 6.06. The number of aryl methyl sites for hydroxylation is 1. The molecule has 0 aliphatic carbocycles. The summed E-state index contributed by atoms with van der Waals surface area (Å²) >= 11 is 0. The molecule has 0 unspecified atom stereocenters. The van der Waals surface area contributed by atoms with Crippen molar-refractivity contribution in [1.29, 1.82) is 0 Å². The number of hydrogen-bond donors (Lipinski definition) is 1. The standard InChI is InChI=1S/C13H17F3N2.ClH/c1-10-2-4-11(5-3-10)12(13(14,15)16)18-8-6-17-7-9-18;/h2-5,12,17H,6-9H2,1H3;1H/t12-;/m1./s1. The Morgan fingerprint density at radius 3 is 2.11 bits per heavy atom. The fourth-order valence-corrected chi connectivity index (χ4v) is 2.30. The van der Waals surface area contributed by atoms with Gasteiger partial charge in [-0.2, -0.15) is 13.2 Å². The Labute approximate surface area is 117 Å². The van der Waals surface area contributed by atoms with Crippen LogP contribution in [0.2, 0.25) is 0 Å². The number of rotatable bonds is 2. The molecule has 1 aliphatic heterocycles. The molecule has 1 aromatic carbocycles. The van der Waals surface area contributed by atoms with Gasteiger partial charge in [0.1, 0.15) is 6.04 Å². The van der Waals surface area contributed by atoms with Crippen molar-refractivity contribution in [2.75, 3.05) is 26.2 Å². The lowest BCUT2D eigenvalue weighted by atomic mass is 10.0. The molecule has 0 aromatic heterocycles. The van der Waals surface area contributed by atoms with E-state index < -0.39 is 12.2 Å². The van der Waals surface area contributed by atoms with E-state index in [0.717, 1.165) is 5.56 Å². The Morgan fingerprint density at radius 1 is 1.11 bits per heavy atom. The third kappa shape index (κ3) is 4.09. The van der Waals surface area contributed by atoms with Crippen LogP contribution in [0.5, 0.6) is 0 Å². The molecule has 0 bridgehead atoms. The minimum atomic E-state index is -4.23. The lowest BCUT2D eigenvalue weighted by Crippen LogP contribution is -2.49. The first-order valence-corrected chi connectivity index (χ1v) is 6.06. The van der Waals surface area contributed by atoms with E-state index in [2.05, 4.69) is 5.32 Å². The predicted molar refractivity (Wildman–Crippen MR) is 71.7 cm³/mol. The van der Waals surface area contributed by atoms with Crippen LogP contribution in [0.25, 0.3) is 0 Å². The molecule has 0 amide bonds. The third-order valence-electron chi connectivity index (χ3n) is 3.22. The van der Waals surface area contributed by atoms with Crippen molar-refractivity contribution in [3.05, 3.63) is 35.4 Å². The molecule has 6 heteroatoms. The molecule has 1 aliphatic rings. The Morgan fingerprint density at radius 2 is 1.63 bits per heavy atom. The molecule has 19 heavy (non-hydrogen) atoms. The average Bonchev–Trinajstić information content (AvgIpc) is 2.32. The van der Waals surface area contributed by atoms with Crippen molar-refractivity contribution < 1.29 is 13.2 Å². The Bertz CT molecular complexity index is 386. The maximum atomic E-state index is 13.2. The van der Waals surface area contributed by atoms with Crippen LogP contribution >= 0.6 is 12.4 Å². The van der Waals surface area contributed by atoms with Gasteiger partial charge in [-0.15, -0.1) is 12.4 Å². The molecule has 2 nitrogen and oxygen atoms in total. The third-order valence-corrected chi connectivity index (χ3v) is 3.22. The number of halogens is 4. The van der Waals surface area contributed by atoms with E-state index in [4.69, 9.17) is 0 Å². The van der Waals surface area contributed by atoms with Gasteiger partial charge in [0.2, 0.25) is 0 Å². The van der Waals surface area contributed by atoms with Gasteiger partial charge >= 0.3 is 6.18 Å². The van der Waals surface area contributed by atoms with E-state index in [-0.39, 0.29) is 12.4 Å². The fourth-order valence-electron chi connectivity index (χ4n) is 2.30. The highest BCUT2D eigenvalue weighted by molar-refractivity contribution is 5.85. The van der Waals surface area contributed by atoms with Gasteiger partial charge < -0.3 is 5.32 Å². The topological polar surface area (TPSA) is 15.3 Å². The van der Waals surface area contributed by atoms with Crippen LogP contribution in [0, 0.1) is 6.92 Å². The number of benzene rings is 1. The van der Waals surface area contributed by atoms with Crippen molar-refractivity contribution in [1.82, 2.24) is 10.2 Å². The molecule has 108 valence electrons. The van der Waals surface area contributed by atoms with Gasteiger partial charge in [-0.3, -0.25) is 4.90 Å². The summed E-state index contributed by atoms with van der Waals surface area (Å²) in [6.45, 7) is 3.95. The fraction of sp³-hybridized carbons (Fsp3) is 0.538. The van der Waals surface area contributed by atoms with Crippen LogP contribution in [0.3, 0.4) is 0 Å². The first kappa shape index (κ1) is 16.3. The minimum absolute atomic E-state index is 0. The van der Waals surface area contributed by atoms with E-state index in [1.807, 2.05) is 6.92 Å². The van der Waals surface area contributed by atoms with Crippen LogP contribution < -0.4 is 5.32 Å². The highest BCUT2D eigenvalue weighted by atomic mass is 35.5. The summed E-state index contributed by atoms with van der Waals surface area (Å²) in [4.78, 5) is 1.50. The predicted octanol–water partition coefficient (Wildman–Crippen LogP) is 2.93. The summed E-state index contributed by atoms with van der Waals surface area (Å²) in [6, 6.07) is 5.14. The molecular weight excluding hydrogens is 277 g/mol. The Balaban J connectivity index is 0.00000180. The number of alkyl halides is 3. The second kappa shape index (κ2) is 6.59. The second-order valence-electron chi connectivity index (χ2n) is 4.64. The quantitative estimate of drug-likeness (QED) is 0.902. The van der Waals surface area contributed by atoms with Gasteiger partial charge in [0.05, 0.1) is 0 Å². The van der Waals surface area contributed by atoms with Crippen LogP contribution in [0.4, 0.5) is 13.2 Å². The van der Waals surface area contributed by atoms with E-state index in [9.17, 15) is 13.2 Å². The molecule has 1 saturated heterocycles. The first-order chi connectivity index (χ1) is 8.48. The number of nitrogens with zero attached hydrogens (tertiary/aromatic N) is 1. The normalized spacial score (nSPS) is 18.7. The number of piperazine rings is 1. The molecule has 1 aromatic rings. The molecule has 2 rings (SSSR count). The van der Waals surface area contributed by atoms with E-state index in [1.54, 1.807) is 24.3 Å². The van der Waals surface area contributed by atoms with Gasteiger partial charge in [-0.25, -0.2) is 0 Å².